The largest absolute Gasteiger partial charge is 0.376 e. The molecular formula is C14H25NO3. The van der Waals surface area contributed by atoms with Crippen molar-refractivity contribution in [2.45, 2.75) is 56.3 Å². The van der Waals surface area contributed by atoms with Crippen molar-refractivity contribution in [3.63, 3.8) is 0 Å². The second-order valence-corrected chi connectivity index (χ2v) is 5.90. The normalized spacial score (nSPS) is 35.3. The van der Waals surface area contributed by atoms with E-state index in [-0.39, 0.29) is 11.7 Å². The molecule has 0 aromatic carbocycles. The predicted molar refractivity (Wildman–Crippen MR) is 68.7 cm³/mol. The Hall–Kier alpha value is -0.160. The molecule has 3 fully saturated rings. The number of ether oxygens (including phenoxy) is 3. The summed E-state index contributed by atoms with van der Waals surface area (Å²) < 4.78 is 17.6. The van der Waals surface area contributed by atoms with Crippen LogP contribution in [0.15, 0.2) is 0 Å². The van der Waals surface area contributed by atoms with E-state index in [4.69, 9.17) is 14.2 Å². The topological polar surface area (TPSA) is 39.7 Å². The van der Waals surface area contributed by atoms with E-state index in [1.165, 1.54) is 38.5 Å². The van der Waals surface area contributed by atoms with Crippen LogP contribution >= 0.6 is 0 Å². The predicted octanol–water partition coefficient (Wildman–Crippen LogP) is 1.48. The molecule has 1 N–H and O–H groups in total. The minimum atomic E-state index is 0.223. The van der Waals surface area contributed by atoms with Gasteiger partial charge in [-0.25, -0.2) is 0 Å². The quantitative estimate of drug-likeness (QED) is 0.826. The molecule has 0 radical (unpaired) electrons. The molecule has 3 rings (SSSR count). The van der Waals surface area contributed by atoms with Crippen LogP contribution in [0.3, 0.4) is 0 Å². The molecule has 0 amide bonds. The monoisotopic (exact) mass is 255 g/mol. The van der Waals surface area contributed by atoms with E-state index in [0.29, 0.717) is 12.7 Å². The maximum atomic E-state index is 6.22. The van der Waals surface area contributed by atoms with Crippen LogP contribution in [0.2, 0.25) is 0 Å². The van der Waals surface area contributed by atoms with Crippen molar-refractivity contribution >= 4 is 0 Å². The van der Waals surface area contributed by atoms with Gasteiger partial charge in [-0.2, -0.15) is 0 Å². The smallest absolute Gasteiger partial charge is 0.0933 e. The molecule has 2 heterocycles. The number of morpholine rings is 1. The Morgan fingerprint density at radius 1 is 1.11 bits per heavy atom. The second kappa shape index (κ2) is 5.87. The van der Waals surface area contributed by atoms with Crippen LogP contribution in [0.25, 0.3) is 0 Å². The number of nitrogens with one attached hydrogen (secondary N) is 1. The van der Waals surface area contributed by atoms with Gasteiger partial charge in [-0.15, -0.1) is 0 Å². The van der Waals surface area contributed by atoms with Gasteiger partial charge in [-0.1, -0.05) is 12.8 Å². The van der Waals surface area contributed by atoms with Crippen LogP contribution in [-0.2, 0) is 14.2 Å². The number of hydrogen-bond donors (Lipinski definition) is 1. The van der Waals surface area contributed by atoms with Gasteiger partial charge < -0.3 is 19.5 Å². The summed E-state index contributed by atoms with van der Waals surface area (Å²) in [5.41, 5.74) is 0.233. The highest BCUT2D eigenvalue weighted by atomic mass is 16.6. The lowest BCUT2D eigenvalue weighted by Gasteiger charge is -2.25. The molecule has 2 aliphatic heterocycles. The van der Waals surface area contributed by atoms with E-state index >= 15 is 0 Å². The van der Waals surface area contributed by atoms with E-state index in [1.807, 2.05) is 0 Å². The molecule has 2 saturated heterocycles. The van der Waals surface area contributed by atoms with Gasteiger partial charge in [-0.3, -0.25) is 0 Å². The maximum absolute atomic E-state index is 6.22. The van der Waals surface area contributed by atoms with Crippen molar-refractivity contribution in [3.8, 4) is 0 Å². The minimum Gasteiger partial charge on any atom is -0.376 e. The Bertz CT molecular complexity index is 260. The van der Waals surface area contributed by atoms with E-state index in [2.05, 4.69) is 5.32 Å². The van der Waals surface area contributed by atoms with Gasteiger partial charge >= 0.3 is 0 Å². The molecule has 1 saturated carbocycles. The minimum absolute atomic E-state index is 0.223. The van der Waals surface area contributed by atoms with E-state index in [1.54, 1.807) is 0 Å². The second-order valence-electron chi connectivity index (χ2n) is 5.90. The molecule has 1 spiro atoms. The first kappa shape index (κ1) is 12.9. The zero-order chi connectivity index (χ0) is 12.3. The van der Waals surface area contributed by atoms with Crippen molar-refractivity contribution < 1.29 is 14.2 Å². The van der Waals surface area contributed by atoms with Gasteiger partial charge in [0.05, 0.1) is 37.6 Å². The Balaban J connectivity index is 1.34. The lowest BCUT2D eigenvalue weighted by molar-refractivity contribution is -0.0874. The van der Waals surface area contributed by atoms with Crippen molar-refractivity contribution in [2.75, 3.05) is 32.9 Å². The number of hydrogen-bond acceptors (Lipinski definition) is 4. The maximum Gasteiger partial charge on any atom is 0.0933 e. The van der Waals surface area contributed by atoms with Gasteiger partial charge in [0, 0.05) is 13.1 Å². The van der Waals surface area contributed by atoms with Crippen molar-refractivity contribution in [1.29, 1.82) is 0 Å². The Labute approximate surface area is 109 Å². The molecule has 2 unspecified atom stereocenters. The summed E-state index contributed by atoms with van der Waals surface area (Å²) in [7, 11) is 0. The fourth-order valence-electron chi connectivity index (χ4n) is 3.46. The molecule has 18 heavy (non-hydrogen) atoms. The van der Waals surface area contributed by atoms with Gasteiger partial charge in [0.15, 0.2) is 0 Å². The molecule has 3 aliphatic rings. The zero-order valence-electron chi connectivity index (χ0n) is 11.2. The molecular weight excluding hydrogens is 230 g/mol. The molecule has 104 valence electrons. The summed E-state index contributed by atoms with van der Waals surface area (Å²) in [5, 5.41) is 3.32. The van der Waals surface area contributed by atoms with Crippen LogP contribution in [0.5, 0.6) is 0 Å². The average Bonchev–Trinajstić information content (AvgIpc) is 3.02. The summed E-state index contributed by atoms with van der Waals surface area (Å²) in [6.07, 6.45) is 8.16. The Morgan fingerprint density at radius 2 is 1.94 bits per heavy atom. The zero-order valence-corrected chi connectivity index (χ0v) is 11.2. The summed E-state index contributed by atoms with van der Waals surface area (Å²) in [4.78, 5) is 0. The SMILES string of the molecule is C1CCC2(C1)CCC(COCC1CNCCO1)O2. The number of rotatable bonds is 4. The standard InChI is InChI=1S/C14H25NO3/c1-2-5-14(4-1)6-3-12(18-14)10-16-11-13-9-15-7-8-17-13/h12-13,15H,1-11H2. The first-order valence-corrected chi connectivity index (χ1v) is 7.44. The fourth-order valence-corrected chi connectivity index (χ4v) is 3.46. The molecule has 1 aliphatic carbocycles. The van der Waals surface area contributed by atoms with Crippen molar-refractivity contribution in [1.82, 2.24) is 5.32 Å². The summed E-state index contributed by atoms with van der Waals surface area (Å²) in [5.74, 6) is 0. The van der Waals surface area contributed by atoms with Gasteiger partial charge in [-0.05, 0) is 25.7 Å². The van der Waals surface area contributed by atoms with Crippen LogP contribution in [0, 0.1) is 0 Å². The average molecular weight is 255 g/mol. The van der Waals surface area contributed by atoms with Gasteiger partial charge in [0.1, 0.15) is 0 Å². The summed E-state index contributed by atoms with van der Waals surface area (Å²) in [6, 6.07) is 0. The van der Waals surface area contributed by atoms with Gasteiger partial charge in [0.25, 0.3) is 0 Å². The van der Waals surface area contributed by atoms with Crippen LogP contribution < -0.4 is 5.32 Å². The van der Waals surface area contributed by atoms with Crippen LogP contribution in [-0.4, -0.2) is 50.7 Å². The third-order valence-corrected chi connectivity index (χ3v) is 4.47. The first-order chi connectivity index (χ1) is 8.86. The highest BCUT2D eigenvalue weighted by molar-refractivity contribution is 4.92. The van der Waals surface area contributed by atoms with E-state index < -0.39 is 0 Å². The highest BCUT2D eigenvalue weighted by Crippen LogP contribution is 2.43. The molecule has 2 atom stereocenters. The summed E-state index contributed by atoms with van der Waals surface area (Å²) >= 11 is 0. The first-order valence-electron chi connectivity index (χ1n) is 7.44. The summed E-state index contributed by atoms with van der Waals surface area (Å²) in [6.45, 7) is 4.11. The van der Waals surface area contributed by atoms with Crippen molar-refractivity contribution in [3.05, 3.63) is 0 Å². The lowest BCUT2D eigenvalue weighted by atomic mass is 9.98. The Morgan fingerprint density at radius 3 is 2.72 bits per heavy atom. The van der Waals surface area contributed by atoms with Crippen LogP contribution in [0.1, 0.15) is 38.5 Å². The highest BCUT2D eigenvalue weighted by Gasteiger charge is 2.42. The fraction of sp³-hybridized carbons (Fsp3) is 1.00. The molecule has 4 nitrogen and oxygen atoms in total. The Kier molecular flexibility index (Phi) is 4.19. The third-order valence-electron chi connectivity index (χ3n) is 4.47. The molecule has 4 heteroatoms. The molecule has 0 aromatic heterocycles. The van der Waals surface area contributed by atoms with E-state index in [0.717, 1.165) is 26.3 Å². The van der Waals surface area contributed by atoms with Crippen molar-refractivity contribution in [2.24, 2.45) is 0 Å². The lowest BCUT2D eigenvalue weighted by Crippen LogP contribution is -2.41. The van der Waals surface area contributed by atoms with Crippen LogP contribution in [0.4, 0.5) is 0 Å². The molecule has 0 aromatic rings. The molecule has 0 bridgehead atoms. The van der Waals surface area contributed by atoms with E-state index in [9.17, 15) is 0 Å². The van der Waals surface area contributed by atoms with Gasteiger partial charge in [0.2, 0.25) is 0 Å². The third kappa shape index (κ3) is 3.05.